The third-order valence-corrected chi connectivity index (χ3v) is 1.63. The Bertz CT molecular complexity index is 379. The van der Waals surface area contributed by atoms with Gasteiger partial charge in [0, 0.05) is 24.4 Å². The predicted octanol–water partition coefficient (Wildman–Crippen LogP) is 1.87. The minimum atomic E-state index is 0.262. The molecule has 0 fully saturated rings. The summed E-state index contributed by atoms with van der Waals surface area (Å²) in [5.74, 6) is 6.24. The molecule has 0 saturated heterocycles. The molecule has 0 heterocycles. The van der Waals surface area contributed by atoms with Crippen LogP contribution in [0.2, 0.25) is 0 Å². The smallest absolute Gasteiger partial charge is 0.115 e. The molecule has 0 radical (unpaired) electrons. The minimum absolute atomic E-state index is 0.262. The fourth-order valence-electron chi connectivity index (χ4n) is 0.968. The Hall–Kier alpha value is -1.88. The van der Waals surface area contributed by atoms with Crippen molar-refractivity contribution in [2.75, 3.05) is 7.05 Å². The normalized spacial score (nSPS) is 10.3. The van der Waals surface area contributed by atoms with E-state index < -0.39 is 0 Å². The van der Waals surface area contributed by atoms with E-state index in [1.54, 1.807) is 24.3 Å². The van der Waals surface area contributed by atoms with E-state index in [0.717, 1.165) is 11.1 Å². The van der Waals surface area contributed by atoms with Crippen LogP contribution in [0.5, 0.6) is 5.75 Å². The van der Waals surface area contributed by atoms with Crippen LogP contribution in [0, 0.1) is 11.8 Å². The van der Waals surface area contributed by atoms with E-state index in [9.17, 15) is 0 Å². The largest absolute Gasteiger partial charge is 0.508 e. The number of benzene rings is 1. The first-order valence-electron chi connectivity index (χ1n) is 4.37. The van der Waals surface area contributed by atoms with E-state index in [1.165, 1.54) is 0 Å². The lowest BCUT2D eigenvalue weighted by atomic mass is 10.2. The first kappa shape index (κ1) is 10.2. The quantitative estimate of drug-likeness (QED) is 0.658. The molecule has 1 rings (SSSR count). The van der Waals surface area contributed by atoms with Crippen LogP contribution in [0.25, 0.3) is 0 Å². The van der Waals surface area contributed by atoms with Gasteiger partial charge in [0.1, 0.15) is 5.75 Å². The van der Waals surface area contributed by atoms with Crippen molar-refractivity contribution < 1.29 is 5.11 Å². The van der Waals surface area contributed by atoms with Crippen molar-refractivity contribution in [3.63, 3.8) is 0 Å². The van der Waals surface area contributed by atoms with Gasteiger partial charge < -0.3 is 10.4 Å². The summed E-state index contributed by atoms with van der Waals surface area (Å²) < 4.78 is 0. The van der Waals surface area contributed by atoms with Crippen molar-refractivity contribution in [1.29, 1.82) is 0 Å². The molecule has 0 atom stereocenters. The SMILES string of the molecule is CN/C=C(\C)C#Cc1ccc(O)cc1. The van der Waals surface area contributed by atoms with Gasteiger partial charge in [-0.1, -0.05) is 11.8 Å². The standard InChI is InChI=1S/C12H13NO/c1-10(9-13-2)3-4-11-5-7-12(14)8-6-11/h5-9,13-14H,1-2H3/b10-9+. The topological polar surface area (TPSA) is 32.3 Å². The molecular formula is C12H13NO. The summed E-state index contributed by atoms with van der Waals surface area (Å²) in [6.45, 7) is 1.93. The highest BCUT2D eigenvalue weighted by molar-refractivity contribution is 5.41. The molecule has 0 amide bonds. The van der Waals surface area contributed by atoms with Crippen LogP contribution in [0.1, 0.15) is 12.5 Å². The zero-order valence-corrected chi connectivity index (χ0v) is 8.33. The third kappa shape index (κ3) is 3.24. The van der Waals surface area contributed by atoms with Crippen molar-refractivity contribution >= 4 is 0 Å². The fraction of sp³-hybridized carbons (Fsp3) is 0.167. The predicted molar refractivity (Wildman–Crippen MR) is 57.8 cm³/mol. The average molecular weight is 187 g/mol. The molecule has 0 bridgehead atoms. The van der Waals surface area contributed by atoms with Gasteiger partial charge in [-0.2, -0.15) is 0 Å². The van der Waals surface area contributed by atoms with Crippen LogP contribution in [0.3, 0.4) is 0 Å². The summed E-state index contributed by atoms with van der Waals surface area (Å²) >= 11 is 0. The zero-order chi connectivity index (χ0) is 10.4. The average Bonchev–Trinajstić information content (AvgIpc) is 2.17. The lowest BCUT2D eigenvalue weighted by molar-refractivity contribution is 0.475. The molecule has 0 aromatic heterocycles. The van der Waals surface area contributed by atoms with Crippen molar-refractivity contribution in [3.05, 3.63) is 41.6 Å². The van der Waals surface area contributed by atoms with Gasteiger partial charge in [0.05, 0.1) is 0 Å². The van der Waals surface area contributed by atoms with Crippen molar-refractivity contribution in [2.24, 2.45) is 0 Å². The molecule has 0 aliphatic carbocycles. The Kier molecular flexibility index (Phi) is 3.63. The molecule has 0 aliphatic rings. The summed E-state index contributed by atoms with van der Waals surface area (Å²) in [6, 6.07) is 6.83. The lowest BCUT2D eigenvalue weighted by Crippen LogP contribution is -1.93. The highest BCUT2D eigenvalue weighted by atomic mass is 16.3. The number of nitrogens with one attached hydrogen (secondary N) is 1. The number of allylic oxidation sites excluding steroid dienone is 1. The van der Waals surface area contributed by atoms with Gasteiger partial charge >= 0.3 is 0 Å². The molecular weight excluding hydrogens is 174 g/mol. The van der Waals surface area contributed by atoms with Crippen molar-refractivity contribution in [2.45, 2.75) is 6.92 Å². The van der Waals surface area contributed by atoms with Crippen LogP contribution >= 0.6 is 0 Å². The number of rotatable bonds is 1. The fourth-order valence-corrected chi connectivity index (χ4v) is 0.968. The van der Waals surface area contributed by atoms with E-state index in [0.29, 0.717) is 0 Å². The maximum atomic E-state index is 9.05. The van der Waals surface area contributed by atoms with Gasteiger partial charge in [0.15, 0.2) is 0 Å². The number of phenols is 1. The van der Waals surface area contributed by atoms with Crippen LogP contribution in [0.4, 0.5) is 0 Å². The Labute approximate surface area is 84.3 Å². The van der Waals surface area contributed by atoms with Crippen LogP contribution < -0.4 is 5.32 Å². The second kappa shape index (κ2) is 4.98. The molecule has 14 heavy (non-hydrogen) atoms. The lowest BCUT2D eigenvalue weighted by Gasteiger charge is -1.91. The van der Waals surface area contributed by atoms with Crippen LogP contribution in [-0.4, -0.2) is 12.2 Å². The minimum Gasteiger partial charge on any atom is -0.508 e. The Morgan fingerprint density at radius 3 is 2.57 bits per heavy atom. The third-order valence-electron chi connectivity index (χ3n) is 1.63. The number of aromatic hydroxyl groups is 1. The van der Waals surface area contributed by atoms with Crippen LogP contribution in [0.15, 0.2) is 36.0 Å². The molecule has 2 heteroatoms. The summed E-state index contributed by atoms with van der Waals surface area (Å²) in [5, 5.41) is 12.0. The Morgan fingerprint density at radius 2 is 2.00 bits per heavy atom. The Balaban J connectivity index is 2.78. The first-order chi connectivity index (χ1) is 6.72. The van der Waals surface area contributed by atoms with Gasteiger partial charge in [-0.25, -0.2) is 0 Å². The summed E-state index contributed by atoms with van der Waals surface area (Å²) in [4.78, 5) is 0. The highest BCUT2D eigenvalue weighted by Crippen LogP contribution is 2.08. The van der Waals surface area contributed by atoms with E-state index >= 15 is 0 Å². The summed E-state index contributed by atoms with van der Waals surface area (Å²) in [5.41, 5.74) is 1.87. The molecule has 0 saturated carbocycles. The van der Waals surface area contributed by atoms with E-state index in [-0.39, 0.29) is 5.75 Å². The highest BCUT2D eigenvalue weighted by Gasteiger charge is 1.87. The summed E-state index contributed by atoms with van der Waals surface area (Å²) in [6.07, 6.45) is 1.84. The number of phenolic OH excluding ortho intramolecular Hbond substituents is 1. The maximum absolute atomic E-state index is 9.05. The molecule has 72 valence electrons. The monoisotopic (exact) mass is 187 g/mol. The van der Waals surface area contributed by atoms with Crippen molar-refractivity contribution in [1.82, 2.24) is 5.32 Å². The van der Waals surface area contributed by atoms with Crippen molar-refractivity contribution in [3.8, 4) is 17.6 Å². The van der Waals surface area contributed by atoms with Gasteiger partial charge in [-0.05, 0) is 31.2 Å². The van der Waals surface area contributed by atoms with Gasteiger partial charge in [-0.15, -0.1) is 0 Å². The maximum Gasteiger partial charge on any atom is 0.115 e. The van der Waals surface area contributed by atoms with Gasteiger partial charge in [0.2, 0.25) is 0 Å². The number of hydrogen-bond acceptors (Lipinski definition) is 2. The van der Waals surface area contributed by atoms with E-state index in [1.807, 2.05) is 20.2 Å². The Morgan fingerprint density at radius 1 is 1.36 bits per heavy atom. The molecule has 0 unspecified atom stereocenters. The van der Waals surface area contributed by atoms with E-state index in [4.69, 9.17) is 5.11 Å². The molecule has 2 N–H and O–H groups in total. The summed E-state index contributed by atoms with van der Waals surface area (Å²) in [7, 11) is 1.84. The number of hydrogen-bond donors (Lipinski definition) is 2. The van der Waals surface area contributed by atoms with Gasteiger partial charge in [0.25, 0.3) is 0 Å². The molecule has 1 aromatic carbocycles. The first-order valence-corrected chi connectivity index (χ1v) is 4.37. The van der Waals surface area contributed by atoms with Crippen LogP contribution in [-0.2, 0) is 0 Å². The van der Waals surface area contributed by atoms with E-state index in [2.05, 4.69) is 17.2 Å². The molecule has 1 aromatic rings. The molecule has 2 nitrogen and oxygen atoms in total. The second-order valence-corrected chi connectivity index (χ2v) is 2.91. The van der Waals surface area contributed by atoms with Gasteiger partial charge in [-0.3, -0.25) is 0 Å². The second-order valence-electron chi connectivity index (χ2n) is 2.91. The molecule has 0 spiro atoms. The zero-order valence-electron chi connectivity index (χ0n) is 8.33. The molecule has 0 aliphatic heterocycles.